The van der Waals surface area contributed by atoms with Gasteiger partial charge in [-0.1, -0.05) is 12.1 Å². The third-order valence-electron chi connectivity index (χ3n) is 2.51. The van der Waals surface area contributed by atoms with Crippen LogP contribution in [0, 0.1) is 0 Å². The molecule has 0 saturated carbocycles. The number of aliphatic carboxylic acids is 2. The van der Waals surface area contributed by atoms with Gasteiger partial charge >= 0.3 is 11.9 Å². The summed E-state index contributed by atoms with van der Waals surface area (Å²) in [7, 11) is 0. The third kappa shape index (κ3) is 6.50. The molecule has 0 unspecified atom stereocenters. The lowest BCUT2D eigenvalue weighted by Gasteiger charge is -2.14. The van der Waals surface area contributed by atoms with Crippen molar-refractivity contribution in [1.82, 2.24) is 0 Å². The number of phenols is 1. The number of hydrogen-bond acceptors (Lipinski definition) is 7. The van der Waals surface area contributed by atoms with E-state index >= 15 is 0 Å². The third-order valence-corrected chi connectivity index (χ3v) is 2.51. The number of aliphatic hydroxyl groups excluding tert-OH is 3. The maximum absolute atomic E-state index is 9.77. The number of carboxylic acid groups (broad SMARTS) is 2. The van der Waals surface area contributed by atoms with Gasteiger partial charge in [0.2, 0.25) is 0 Å². The average molecular weight is 317 g/mol. The molecule has 0 fully saturated rings. The second kappa shape index (κ2) is 8.95. The van der Waals surface area contributed by atoms with E-state index in [0.717, 1.165) is 0 Å². The molecular formula is C13H19NO8. The molecule has 0 radical (unpaired) electrons. The van der Waals surface area contributed by atoms with E-state index in [2.05, 4.69) is 0 Å². The molecule has 1 aromatic carbocycles. The lowest BCUT2D eigenvalue weighted by molar-refractivity contribution is -0.165. The Hall–Kier alpha value is -2.20. The summed E-state index contributed by atoms with van der Waals surface area (Å²) in [6.45, 7) is 1.72. The first kappa shape index (κ1) is 19.8. The molecule has 22 heavy (non-hydrogen) atoms. The summed E-state index contributed by atoms with van der Waals surface area (Å²) in [6.07, 6.45) is -5.24. The van der Waals surface area contributed by atoms with Crippen molar-refractivity contribution in [3.05, 3.63) is 29.8 Å². The predicted octanol–water partition coefficient (Wildman–Crippen LogP) is -1.35. The van der Waals surface area contributed by atoms with E-state index in [-0.39, 0.29) is 11.8 Å². The smallest absolute Gasteiger partial charge is 0.335 e. The molecule has 1 aromatic rings. The van der Waals surface area contributed by atoms with Gasteiger partial charge in [0.15, 0.2) is 12.2 Å². The predicted molar refractivity (Wildman–Crippen MR) is 74.0 cm³/mol. The number of rotatable bonds is 5. The molecule has 0 spiro atoms. The highest BCUT2D eigenvalue weighted by molar-refractivity contribution is 5.83. The molecular weight excluding hydrogens is 298 g/mol. The Morgan fingerprint density at radius 1 is 1.05 bits per heavy atom. The Morgan fingerprint density at radius 2 is 1.50 bits per heavy atom. The van der Waals surface area contributed by atoms with Crippen LogP contribution in [0.2, 0.25) is 0 Å². The first-order chi connectivity index (χ1) is 10.1. The maximum atomic E-state index is 9.77. The van der Waals surface area contributed by atoms with Gasteiger partial charge in [-0.05, 0) is 24.6 Å². The lowest BCUT2D eigenvalue weighted by Crippen LogP contribution is -2.39. The van der Waals surface area contributed by atoms with E-state index in [1.807, 2.05) is 0 Å². The van der Waals surface area contributed by atoms with Crippen molar-refractivity contribution in [2.24, 2.45) is 5.73 Å². The minimum absolute atomic E-state index is 0.146. The summed E-state index contributed by atoms with van der Waals surface area (Å²) in [5.41, 5.74) is 6.13. The van der Waals surface area contributed by atoms with Gasteiger partial charge in [0.25, 0.3) is 0 Å². The van der Waals surface area contributed by atoms with E-state index in [1.54, 1.807) is 25.1 Å². The second-order valence-electron chi connectivity index (χ2n) is 4.47. The number of hydrogen-bond donors (Lipinski definition) is 7. The van der Waals surface area contributed by atoms with Crippen molar-refractivity contribution in [1.29, 1.82) is 0 Å². The van der Waals surface area contributed by atoms with E-state index in [9.17, 15) is 14.7 Å². The molecule has 0 aromatic heterocycles. The molecule has 0 amide bonds. The second-order valence-corrected chi connectivity index (χ2v) is 4.47. The van der Waals surface area contributed by atoms with Gasteiger partial charge in [-0.2, -0.15) is 0 Å². The number of carboxylic acids is 2. The monoisotopic (exact) mass is 317 g/mol. The van der Waals surface area contributed by atoms with Gasteiger partial charge in [0, 0.05) is 6.04 Å². The van der Waals surface area contributed by atoms with Crippen LogP contribution in [0.25, 0.3) is 0 Å². The van der Waals surface area contributed by atoms with Gasteiger partial charge in [0.05, 0.1) is 6.10 Å². The van der Waals surface area contributed by atoms with Gasteiger partial charge in [-0.3, -0.25) is 0 Å². The van der Waals surface area contributed by atoms with Gasteiger partial charge in [-0.25, -0.2) is 9.59 Å². The van der Waals surface area contributed by atoms with Crippen LogP contribution in [0.15, 0.2) is 24.3 Å². The highest BCUT2D eigenvalue weighted by Crippen LogP contribution is 2.19. The molecule has 0 saturated heterocycles. The molecule has 1 rings (SSSR count). The summed E-state index contributed by atoms with van der Waals surface area (Å²) in [6, 6.07) is 6.14. The molecule has 0 aliphatic carbocycles. The summed E-state index contributed by atoms with van der Waals surface area (Å²) in [5, 5.41) is 51.1. The van der Waals surface area contributed by atoms with Crippen LogP contribution < -0.4 is 5.73 Å². The summed E-state index contributed by atoms with van der Waals surface area (Å²) >= 11 is 0. The minimum Gasteiger partial charge on any atom is -0.508 e. The quantitative estimate of drug-likeness (QED) is 0.345. The number of nitrogens with two attached hydrogens (primary N) is 1. The minimum atomic E-state index is -2.27. The zero-order valence-electron chi connectivity index (χ0n) is 11.7. The lowest BCUT2D eigenvalue weighted by atomic mass is 10.0. The van der Waals surface area contributed by atoms with Gasteiger partial charge < -0.3 is 36.4 Å². The molecule has 124 valence electrons. The molecule has 9 nitrogen and oxygen atoms in total. The highest BCUT2D eigenvalue weighted by atomic mass is 16.4. The summed E-state index contributed by atoms with van der Waals surface area (Å²) in [4.78, 5) is 19.5. The van der Waals surface area contributed by atoms with E-state index in [4.69, 9.17) is 31.3 Å². The first-order valence-electron chi connectivity index (χ1n) is 6.12. The van der Waals surface area contributed by atoms with Crippen LogP contribution in [0.1, 0.15) is 18.6 Å². The van der Waals surface area contributed by atoms with E-state index in [1.165, 1.54) is 6.07 Å². The maximum Gasteiger partial charge on any atom is 0.335 e. The van der Waals surface area contributed by atoms with Crippen molar-refractivity contribution < 1.29 is 40.2 Å². The number of aliphatic hydroxyl groups is 3. The fourth-order valence-electron chi connectivity index (χ4n) is 1.28. The Labute approximate surface area is 125 Å². The number of aromatic hydroxyl groups is 1. The fraction of sp³-hybridized carbons (Fsp3) is 0.385. The fourth-order valence-corrected chi connectivity index (χ4v) is 1.28. The van der Waals surface area contributed by atoms with Crippen LogP contribution in [-0.2, 0) is 9.59 Å². The van der Waals surface area contributed by atoms with Crippen molar-refractivity contribution in [2.75, 3.05) is 0 Å². The Balaban J connectivity index is 0.000000409. The van der Waals surface area contributed by atoms with Crippen LogP contribution >= 0.6 is 0 Å². The number of carbonyl (C=O) groups is 2. The Morgan fingerprint density at radius 3 is 1.82 bits per heavy atom. The highest BCUT2D eigenvalue weighted by Gasteiger charge is 2.29. The zero-order valence-corrected chi connectivity index (χ0v) is 11.7. The molecule has 0 aliphatic heterocycles. The summed E-state index contributed by atoms with van der Waals surface area (Å²) in [5.74, 6) is -3.39. The Bertz CT molecular complexity index is 487. The zero-order chi connectivity index (χ0) is 17.4. The van der Waals surface area contributed by atoms with Crippen LogP contribution in [0.5, 0.6) is 5.75 Å². The van der Waals surface area contributed by atoms with E-state index < -0.39 is 30.3 Å². The number of benzene rings is 1. The van der Waals surface area contributed by atoms with E-state index in [0.29, 0.717) is 5.56 Å². The molecule has 0 bridgehead atoms. The molecule has 4 atom stereocenters. The molecule has 0 aliphatic rings. The van der Waals surface area contributed by atoms with Crippen LogP contribution in [0.3, 0.4) is 0 Å². The largest absolute Gasteiger partial charge is 0.508 e. The van der Waals surface area contributed by atoms with Crippen molar-refractivity contribution >= 4 is 11.9 Å². The first-order valence-corrected chi connectivity index (χ1v) is 6.12. The van der Waals surface area contributed by atoms with Crippen molar-refractivity contribution in [3.63, 3.8) is 0 Å². The normalized spacial score (nSPS) is 15.7. The molecule has 9 heteroatoms. The average Bonchev–Trinajstić information content (AvgIpc) is 2.45. The van der Waals surface area contributed by atoms with Crippen molar-refractivity contribution in [3.8, 4) is 5.75 Å². The number of phenolic OH excluding ortho intramolecular Hbond substituents is 1. The van der Waals surface area contributed by atoms with Gasteiger partial charge in [0.1, 0.15) is 5.75 Å². The van der Waals surface area contributed by atoms with Crippen LogP contribution in [0.4, 0.5) is 0 Å². The molecule has 0 heterocycles. The Kier molecular flexibility index (Phi) is 8.05. The SMILES string of the molecule is C[C@H](N)[C@H](O)c1cccc(O)c1.O=C(O)[C@@H](O)[C@H](O)C(=O)O. The van der Waals surface area contributed by atoms with Crippen molar-refractivity contribution in [2.45, 2.75) is 31.3 Å². The molecule has 8 N–H and O–H groups in total. The standard InChI is InChI=1S/C9H13NO2.C4H6O6/c1-6(10)9(12)7-3-2-4-8(11)5-7;5-1(3(7)8)2(6)4(9)10/h2-6,9,11-12H,10H2,1H3;1-2,5-6H,(H,7,8)(H,9,10)/t6-,9-;1-,2-/m00/s1. The van der Waals surface area contributed by atoms with Crippen LogP contribution in [-0.4, -0.2) is 60.8 Å². The van der Waals surface area contributed by atoms with Gasteiger partial charge in [-0.15, -0.1) is 0 Å². The summed E-state index contributed by atoms with van der Waals surface area (Å²) < 4.78 is 0. The topological polar surface area (TPSA) is 182 Å².